The monoisotopic (exact) mass is 666 g/mol. The maximum absolute atomic E-state index is 14.9. The molecule has 7 aliphatic heterocycles. The van der Waals surface area contributed by atoms with Gasteiger partial charge >= 0.3 is 0 Å². The minimum Gasteiger partial charge on any atom is -0.371 e. The summed E-state index contributed by atoms with van der Waals surface area (Å²) in [7, 11) is 0. The van der Waals surface area contributed by atoms with Gasteiger partial charge < -0.3 is 38.2 Å². The summed E-state index contributed by atoms with van der Waals surface area (Å²) in [5.74, 6) is -0.792. The first-order chi connectivity index (χ1) is 24.1. The molecule has 7 heterocycles. The van der Waals surface area contributed by atoms with Gasteiger partial charge in [-0.25, -0.2) is 0 Å². The Bertz CT molecular complexity index is 1620. The van der Waals surface area contributed by atoms with Crippen LogP contribution >= 0.6 is 0 Å². The van der Waals surface area contributed by atoms with E-state index in [1.807, 2.05) is 0 Å². The lowest BCUT2D eigenvalue weighted by molar-refractivity contribution is -0.161. The van der Waals surface area contributed by atoms with E-state index in [9.17, 15) is 4.79 Å². The Morgan fingerprint density at radius 3 is 1.47 bits per heavy atom. The van der Waals surface area contributed by atoms with Gasteiger partial charge in [0, 0.05) is 72.7 Å². The normalized spacial score (nSPS) is 26.7. The van der Waals surface area contributed by atoms with Gasteiger partial charge in [-0.05, 0) is 109 Å². The minimum atomic E-state index is -0.860. The van der Waals surface area contributed by atoms with Crippen LogP contribution in [0.25, 0.3) is 12.2 Å². The van der Waals surface area contributed by atoms with Crippen LogP contribution in [0.4, 0.5) is 11.4 Å². The molecule has 1 saturated carbocycles. The second-order valence-electron chi connectivity index (χ2n) is 14.9. The average Bonchev–Trinajstić information content (AvgIpc) is 3.94. The highest BCUT2D eigenvalue weighted by Gasteiger charge is 2.45. The smallest absolute Gasteiger partial charge is 0.185 e. The highest BCUT2D eigenvalue weighted by atomic mass is 16.7. The summed E-state index contributed by atoms with van der Waals surface area (Å²) >= 11 is 0. The van der Waals surface area contributed by atoms with E-state index < -0.39 is 18.4 Å². The summed E-state index contributed by atoms with van der Waals surface area (Å²) in [4.78, 5) is 20.0. The van der Waals surface area contributed by atoms with E-state index in [-0.39, 0.29) is 5.78 Å². The summed E-state index contributed by atoms with van der Waals surface area (Å²) in [5, 5.41) is 0. The van der Waals surface area contributed by atoms with Crippen LogP contribution in [-0.2, 0) is 58.9 Å². The van der Waals surface area contributed by atoms with Gasteiger partial charge in [0.1, 0.15) is 0 Å². The molecule has 10 rings (SSSR count). The van der Waals surface area contributed by atoms with Crippen LogP contribution in [-0.4, -0.2) is 77.4 Å². The zero-order valence-electron chi connectivity index (χ0n) is 28.4. The second kappa shape index (κ2) is 12.3. The Balaban J connectivity index is 1.14. The second-order valence-corrected chi connectivity index (χ2v) is 14.9. The number of hydrogen-bond donors (Lipinski definition) is 0. The molecule has 258 valence electrons. The fourth-order valence-corrected chi connectivity index (χ4v) is 9.92. The molecule has 3 saturated heterocycles. The number of aryl methyl sites for hydroxylation is 2. The Kier molecular flexibility index (Phi) is 7.73. The van der Waals surface area contributed by atoms with Crippen LogP contribution in [0.1, 0.15) is 95.6 Å². The van der Waals surface area contributed by atoms with Gasteiger partial charge in [0.15, 0.2) is 24.2 Å². The van der Waals surface area contributed by atoms with Gasteiger partial charge in [-0.3, -0.25) is 4.79 Å². The van der Waals surface area contributed by atoms with E-state index >= 15 is 0 Å². The fourth-order valence-electron chi connectivity index (χ4n) is 9.92. The third-order valence-electron chi connectivity index (χ3n) is 11.9. The van der Waals surface area contributed by atoms with Gasteiger partial charge in [-0.2, -0.15) is 0 Å². The Morgan fingerprint density at radius 1 is 0.592 bits per heavy atom. The molecule has 4 fully saturated rings. The van der Waals surface area contributed by atoms with Gasteiger partial charge in [-0.1, -0.05) is 0 Å². The number of benzene rings is 2. The molecule has 0 atom stereocenters. The number of carbonyl (C=O) groups excluding carboxylic acids is 1. The van der Waals surface area contributed by atoms with E-state index in [1.165, 1.54) is 33.6 Å². The van der Waals surface area contributed by atoms with Crippen molar-refractivity contribution in [3.05, 3.63) is 67.8 Å². The van der Waals surface area contributed by atoms with Gasteiger partial charge in [0.2, 0.25) is 0 Å². The molecule has 0 bridgehead atoms. The van der Waals surface area contributed by atoms with Crippen LogP contribution in [0.2, 0.25) is 0 Å². The number of rotatable bonds is 4. The highest BCUT2D eigenvalue weighted by molar-refractivity contribution is 6.14. The van der Waals surface area contributed by atoms with Crippen molar-refractivity contribution in [2.75, 3.05) is 75.6 Å². The van der Waals surface area contributed by atoms with Crippen molar-refractivity contribution in [2.24, 2.45) is 0 Å². The molecule has 1 aliphatic carbocycles. The quantitative estimate of drug-likeness (QED) is 0.380. The van der Waals surface area contributed by atoms with Crippen molar-refractivity contribution in [1.82, 2.24) is 0 Å². The number of anilines is 2. The first kappa shape index (κ1) is 30.7. The van der Waals surface area contributed by atoms with Crippen molar-refractivity contribution in [3.63, 3.8) is 0 Å². The molecule has 49 heavy (non-hydrogen) atoms. The zero-order valence-corrected chi connectivity index (χ0v) is 28.4. The van der Waals surface area contributed by atoms with E-state index in [1.54, 1.807) is 0 Å². The first-order valence-corrected chi connectivity index (χ1v) is 18.7. The number of nitrogens with zero attached hydrogens (tertiary/aromatic N) is 2. The molecule has 1 spiro atoms. The predicted molar refractivity (Wildman–Crippen MR) is 185 cm³/mol. The van der Waals surface area contributed by atoms with Crippen molar-refractivity contribution in [3.8, 4) is 0 Å². The average molecular weight is 667 g/mol. The molecule has 9 heteroatoms. The molecule has 0 N–H and O–H groups in total. The maximum Gasteiger partial charge on any atom is 0.185 e. The summed E-state index contributed by atoms with van der Waals surface area (Å²) in [6.07, 6.45) is 12.9. The summed E-state index contributed by atoms with van der Waals surface area (Å²) < 4.78 is 37.3. The zero-order chi connectivity index (χ0) is 32.5. The number of ketones is 1. The largest absolute Gasteiger partial charge is 0.371 e. The molecular formula is C40H46N2O7. The number of ether oxygens (including phenoxy) is 6. The molecule has 0 aromatic heterocycles. The molecule has 0 unspecified atom stereocenters. The lowest BCUT2D eigenvalue weighted by Crippen LogP contribution is -2.38. The van der Waals surface area contributed by atoms with Gasteiger partial charge in [-0.15, -0.1) is 0 Å². The van der Waals surface area contributed by atoms with Crippen LogP contribution in [0.5, 0.6) is 0 Å². The summed E-state index contributed by atoms with van der Waals surface area (Å²) in [6, 6.07) is 4.61. The fraction of sp³-hybridized carbons (Fsp3) is 0.575. The minimum absolute atomic E-state index is 0.0679. The molecule has 0 radical (unpaired) electrons. The van der Waals surface area contributed by atoms with Crippen LogP contribution in [0.3, 0.4) is 0 Å². The van der Waals surface area contributed by atoms with E-state index in [2.05, 4.69) is 34.1 Å². The summed E-state index contributed by atoms with van der Waals surface area (Å²) in [5.41, 5.74) is 13.9. The molecule has 0 amide bonds. The van der Waals surface area contributed by atoms with Gasteiger partial charge in [0.05, 0.1) is 39.6 Å². The topological polar surface area (TPSA) is 78.9 Å². The Labute approximate surface area is 288 Å². The van der Waals surface area contributed by atoms with E-state index in [0.717, 1.165) is 111 Å². The number of Topliss-reactive ketones (excluding diaryl/α,β-unsaturated/α-hetero) is 1. The molecule has 2 aromatic carbocycles. The molecule has 9 nitrogen and oxygen atoms in total. The maximum atomic E-state index is 14.9. The third-order valence-corrected chi connectivity index (χ3v) is 11.9. The van der Waals surface area contributed by atoms with E-state index in [4.69, 9.17) is 28.4 Å². The van der Waals surface area contributed by atoms with Crippen molar-refractivity contribution >= 4 is 29.3 Å². The van der Waals surface area contributed by atoms with Crippen LogP contribution < -0.4 is 9.80 Å². The van der Waals surface area contributed by atoms with Crippen LogP contribution in [0, 0.1) is 0 Å². The highest BCUT2D eigenvalue weighted by Crippen LogP contribution is 2.47. The Morgan fingerprint density at radius 2 is 1.02 bits per heavy atom. The van der Waals surface area contributed by atoms with Crippen LogP contribution in [0.15, 0.2) is 23.3 Å². The SMILES string of the molecule is O=C1/C(=C/c2c(C3OCCO3)cc3c4c2CCCN4CCC3)CC2(C/C1=C\c1c(C3OCCO3)cc3c4c1CCCN4CCC3)OCCO2. The molecule has 8 aliphatic rings. The lowest BCUT2D eigenvalue weighted by atomic mass is 9.79. The first-order valence-electron chi connectivity index (χ1n) is 18.7. The van der Waals surface area contributed by atoms with E-state index in [0.29, 0.717) is 52.5 Å². The standard InChI is InChI=1S/C40H46N2O7/c43-37-27(21-31-29-7-3-11-41-9-1-5-25(35(29)41)19-33(31)38-44-13-14-45-38)23-40(48-17-18-49-40)24-28(37)22-32-30-8-4-12-42-10-2-6-26(36(30)42)20-34(32)39-46-15-16-47-39/h19-22,38-39H,1-18,23-24H2/b27-21+,28-22+. The van der Waals surface area contributed by atoms with Gasteiger partial charge in [0.25, 0.3) is 0 Å². The number of hydrogen-bond acceptors (Lipinski definition) is 9. The number of carbonyl (C=O) groups is 1. The third kappa shape index (κ3) is 5.23. The van der Waals surface area contributed by atoms with Crippen molar-refractivity contribution < 1.29 is 33.2 Å². The predicted octanol–water partition coefficient (Wildman–Crippen LogP) is 5.75. The Hall–Kier alpha value is -3.05. The summed E-state index contributed by atoms with van der Waals surface area (Å²) in [6.45, 7) is 7.69. The van der Waals surface area contributed by atoms with Crippen molar-refractivity contribution in [1.29, 1.82) is 0 Å². The molecular weight excluding hydrogens is 620 g/mol. The van der Waals surface area contributed by atoms with Crippen molar-refractivity contribution in [2.45, 2.75) is 82.6 Å². The molecule has 2 aromatic rings. The lowest BCUT2D eigenvalue weighted by Gasteiger charge is -2.39.